The molecule has 0 bridgehead atoms. The van der Waals surface area contributed by atoms with Gasteiger partial charge in [0.15, 0.2) is 0 Å². The lowest BCUT2D eigenvalue weighted by Gasteiger charge is -2.19. The van der Waals surface area contributed by atoms with E-state index < -0.39 is 22.0 Å². The van der Waals surface area contributed by atoms with Gasteiger partial charge in [-0.1, -0.05) is 0 Å². The fraction of sp³-hybridized carbons (Fsp3) is 0.333. The highest BCUT2D eigenvalue weighted by atomic mass is 32.2. The van der Waals surface area contributed by atoms with E-state index in [1.54, 1.807) is 6.07 Å². The van der Waals surface area contributed by atoms with Crippen molar-refractivity contribution in [3.8, 4) is 0 Å². The maximum atomic E-state index is 12.5. The minimum Gasteiger partial charge on any atom is -0.480 e. The van der Waals surface area contributed by atoms with Gasteiger partial charge in [0.2, 0.25) is 5.09 Å². The molecule has 0 saturated carbocycles. The molecule has 1 atom stereocenters. The molecule has 8 heteroatoms. The van der Waals surface area contributed by atoms with Gasteiger partial charge in [-0.05, 0) is 18.9 Å². The summed E-state index contributed by atoms with van der Waals surface area (Å²) in [5, 5.41) is 9.41. The van der Waals surface area contributed by atoms with E-state index in [-0.39, 0.29) is 11.6 Å². The Morgan fingerprint density at radius 1 is 1.50 bits per heavy atom. The molecule has 1 aliphatic rings. The van der Waals surface area contributed by atoms with E-state index in [0.29, 0.717) is 23.8 Å². The molecular formula is C12H12N2O5S. The first-order chi connectivity index (χ1) is 9.50. The minimum absolute atomic E-state index is 0.189. The van der Waals surface area contributed by atoms with Gasteiger partial charge in [0.05, 0.1) is 0 Å². The third-order valence-corrected chi connectivity index (χ3v) is 5.11. The maximum Gasteiger partial charge on any atom is 0.322 e. The van der Waals surface area contributed by atoms with Crippen molar-refractivity contribution >= 4 is 27.0 Å². The molecule has 1 fully saturated rings. The Morgan fingerprint density at radius 3 is 3.00 bits per heavy atom. The molecule has 7 nitrogen and oxygen atoms in total. The van der Waals surface area contributed by atoms with Gasteiger partial charge in [0.25, 0.3) is 10.0 Å². The highest BCUT2D eigenvalue weighted by Gasteiger charge is 2.41. The van der Waals surface area contributed by atoms with Crippen molar-refractivity contribution in [1.29, 1.82) is 0 Å². The molecule has 1 saturated heterocycles. The Bertz CT molecular complexity index is 734. The van der Waals surface area contributed by atoms with E-state index in [1.165, 1.54) is 18.5 Å². The van der Waals surface area contributed by atoms with E-state index in [9.17, 15) is 13.2 Å². The van der Waals surface area contributed by atoms with Crippen LogP contribution in [0.5, 0.6) is 0 Å². The fourth-order valence-corrected chi connectivity index (χ4v) is 3.98. The summed E-state index contributed by atoms with van der Waals surface area (Å²) in [6, 6.07) is 1.91. The van der Waals surface area contributed by atoms with Crippen molar-refractivity contribution in [1.82, 2.24) is 9.29 Å². The number of hydrogen-bond acceptors (Lipinski definition) is 5. The van der Waals surface area contributed by atoms with Crippen LogP contribution >= 0.6 is 0 Å². The lowest BCUT2D eigenvalue weighted by atomic mass is 10.2. The van der Waals surface area contributed by atoms with Gasteiger partial charge in [-0.2, -0.15) is 4.31 Å². The van der Waals surface area contributed by atoms with Gasteiger partial charge in [0.1, 0.15) is 11.6 Å². The number of pyridine rings is 1. The number of carboxylic acids is 1. The normalized spacial score (nSPS) is 20.5. The Kier molecular flexibility index (Phi) is 2.98. The summed E-state index contributed by atoms with van der Waals surface area (Å²) in [4.78, 5) is 15.0. The highest BCUT2D eigenvalue weighted by Crippen LogP contribution is 2.29. The standard InChI is InChI=1S/C12H12N2O5S/c15-12(16)9-2-1-5-14(9)20(17,18)11-6-8-7-13-4-3-10(8)19-11/h3-4,6-7,9H,1-2,5H2,(H,15,16)/t9-/m0/s1. The number of carboxylic acid groups (broad SMARTS) is 1. The summed E-state index contributed by atoms with van der Waals surface area (Å²) in [5.74, 6) is -1.14. The van der Waals surface area contributed by atoms with Crippen LogP contribution in [0.1, 0.15) is 12.8 Å². The van der Waals surface area contributed by atoms with Gasteiger partial charge >= 0.3 is 5.97 Å². The fourth-order valence-electron chi connectivity index (χ4n) is 2.38. The van der Waals surface area contributed by atoms with Crippen LogP contribution in [-0.2, 0) is 14.8 Å². The monoisotopic (exact) mass is 296 g/mol. The van der Waals surface area contributed by atoms with E-state index in [0.717, 1.165) is 4.31 Å². The Hall–Kier alpha value is -1.93. The summed E-state index contributed by atoms with van der Waals surface area (Å²) < 4.78 is 31.2. The molecule has 1 aliphatic heterocycles. The predicted octanol–water partition coefficient (Wildman–Crippen LogP) is 1.07. The molecule has 0 radical (unpaired) electrons. The molecule has 2 aromatic heterocycles. The van der Waals surface area contributed by atoms with E-state index >= 15 is 0 Å². The maximum absolute atomic E-state index is 12.5. The second kappa shape index (κ2) is 4.57. The van der Waals surface area contributed by atoms with Gasteiger partial charge in [-0.3, -0.25) is 9.78 Å². The number of fused-ring (bicyclic) bond motifs is 1. The number of aliphatic carboxylic acids is 1. The summed E-state index contributed by atoms with van der Waals surface area (Å²) >= 11 is 0. The van der Waals surface area contributed by atoms with E-state index in [1.807, 2.05) is 0 Å². The molecule has 0 unspecified atom stereocenters. The Balaban J connectivity index is 2.05. The molecule has 3 heterocycles. The van der Waals surface area contributed by atoms with Crippen LogP contribution in [0.4, 0.5) is 0 Å². The molecule has 0 amide bonds. The Labute approximate surface area is 114 Å². The van der Waals surface area contributed by atoms with Crippen molar-refractivity contribution < 1.29 is 22.7 Å². The summed E-state index contributed by atoms with van der Waals surface area (Å²) in [6.07, 6.45) is 3.84. The van der Waals surface area contributed by atoms with Crippen LogP contribution in [0.3, 0.4) is 0 Å². The number of nitrogens with zero attached hydrogens (tertiary/aromatic N) is 2. The van der Waals surface area contributed by atoms with Gasteiger partial charge in [0, 0.05) is 30.4 Å². The molecule has 2 aromatic rings. The topological polar surface area (TPSA) is 101 Å². The number of rotatable bonds is 3. The van der Waals surface area contributed by atoms with Crippen molar-refractivity contribution in [2.24, 2.45) is 0 Å². The number of carbonyl (C=O) groups is 1. The molecule has 0 aromatic carbocycles. The second-order valence-corrected chi connectivity index (χ2v) is 6.41. The number of aromatic nitrogens is 1. The van der Waals surface area contributed by atoms with Gasteiger partial charge in [-0.15, -0.1) is 0 Å². The average Bonchev–Trinajstić information content (AvgIpc) is 3.05. The van der Waals surface area contributed by atoms with Crippen LogP contribution in [0.25, 0.3) is 11.0 Å². The number of furan rings is 1. The summed E-state index contributed by atoms with van der Waals surface area (Å²) in [5.41, 5.74) is 0.407. The van der Waals surface area contributed by atoms with E-state index in [4.69, 9.17) is 9.52 Å². The number of hydrogen-bond donors (Lipinski definition) is 1. The SMILES string of the molecule is O=C(O)[C@@H]1CCCN1S(=O)(=O)c1cc2cnccc2o1. The lowest BCUT2D eigenvalue weighted by molar-refractivity contribution is -0.140. The van der Waals surface area contributed by atoms with Crippen LogP contribution in [0.2, 0.25) is 0 Å². The molecule has 0 spiro atoms. The summed E-state index contributed by atoms with van der Waals surface area (Å²) in [7, 11) is -3.94. The molecule has 3 rings (SSSR count). The molecular weight excluding hydrogens is 284 g/mol. The third kappa shape index (κ3) is 1.97. The zero-order valence-electron chi connectivity index (χ0n) is 10.4. The predicted molar refractivity (Wildman–Crippen MR) is 68.6 cm³/mol. The average molecular weight is 296 g/mol. The van der Waals surface area contributed by atoms with Crippen molar-refractivity contribution in [2.45, 2.75) is 24.0 Å². The van der Waals surface area contributed by atoms with Gasteiger partial charge in [-0.25, -0.2) is 8.42 Å². The molecule has 0 aliphatic carbocycles. The largest absolute Gasteiger partial charge is 0.480 e. The molecule has 106 valence electrons. The van der Waals surface area contributed by atoms with E-state index in [2.05, 4.69) is 4.98 Å². The van der Waals surface area contributed by atoms with Crippen molar-refractivity contribution in [2.75, 3.05) is 6.54 Å². The third-order valence-electron chi connectivity index (χ3n) is 3.35. The molecule has 20 heavy (non-hydrogen) atoms. The van der Waals surface area contributed by atoms with Crippen LogP contribution in [-0.4, -0.2) is 41.4 Å². The lowest BCUT2D eigenvalue weighted by Crippen LogP contribution is -2.40. The number of sulfonamides is 1. The van der Waals surface area contributed by atoms with Crippen LogP contribution < -0.4 is 0 Å². The summed E-state index contributed by atoms with van der Waals surface area (Å²) in [6.45, 7) is 0.189. The Morgan fingerprint density at radius 2 is 2.30 bits per heavy atom. The van der Waals surface area contributed by atoms with Crippen molar-refractivity contribution in [3.05, 3.63) is 24.5 Å². The van der Waals surface area contributed by atoms with Crippen molar-refractivity contribution in [3.63, 3.8) is 0 Å². The zero-order valence-corrected chi connectivity index (χ0v) is 11.2. The smallest absolute Gasteiger partial charge is 0.322 e. The van der Waals surface area contributed by atoms with Crippen LogP contribution in [0, 0.1) is 0 Å². The first-order valence-electron chi connectivity index (χ1n) is 6.08. The quantitative estimate of drug-likeness (QED) is 0.909. The second-order valence-electron chi connectivity index (χ2n) is 4.59. The highest BCUT2D eigenvalue weighted by molar-refractivity contribution is 7.89. The first kappa shape index (κ1) is 13.1. The van der Waals surface area contributed by atoms with Gasteiger partial charge < -0.3 is 9.52 Å². The minimum atomic E-state index is -3.94. The molecule has 1 N–H and O–H groups in total. The first-order valence-corrected chi connectivity index (χ1v) is 7.52. The van der Waals surface area contributed by atoms with Crippen LogP contribution in [0.15, 0.2) is 34.0 Å². The zero-order chi connectivity index (χ0) is 14.3.